The van der Waals surface area contributed by atoms with Crippen molar-refractivity contribution in [2.24, 2.45) is 7.05 Å². The largest absolute Gasteiger partial charge is 0.338 e. The minimum atomic E-state index is -3.72. The van der Waals surface area contributed by atoms with Gasteiger partial charge in [-0.25, -0.2) is 18.4 Å². The van der Waals surface area contributed by atoms with Crippen molar-refractivity contribution in [1.29, 1.82) is 0 Å². The van der Waals surface area contributed by atoms with Crippen molar-refractivity contribution in [1.82, 2.24) is 14.5 Å². The Hall–Kier alpha value is -2.38. The summed E-state index contributed by atoms with van der Waals surface area (Å²) in [5, 5.41) is 3.09. The van der Waals surface area contributed by atoms with Gasteiger partial charge >= 0.3 is 0 Å². The fraction of sp³-hybridized carbons (Fsp3) is 0.0667. The molecule has 3 aromatic rings. The van der Waals surface area contributed by atoms with E-state index in [0.717, 1.165) is 0 Å². The Balaban J connectivity index is 2.09. The molecule has 0 aliphatic rings. The first kappa shape index (κ1) is 15.5. The molecule has 0 spiro atoms. The number of hydrogen-bond acceptors (Lipinski definition) is 5. The second kappa shape index (κ2) is 6.02. The zero-order chi connectivity index (χ0) is 16.4. The molecule has 2 aromatic heterocycles. The molecule has 6 nitrogen and oxygen atoms in total. The molecule has 2 heterocycles. The molecule has 0 aliphatic heterocycles. The van der Waals surface area contributed by atoms with Crippen LogP contribution in [0.3, 0.4) is 0 Å². The highest BCUT2D eigenvalue weighted by atomic mass is 35.5. The lowest BCUT2D eigenvalue weighted by Gasteiger charge is -2.10. The first-order valence-corrected chi connectivity index (χ1v) is 8.54. The quantitative estimate of drug-likeness (QED) is 0.733. The molecule has 23 heavy (non-hydrogen) atoms. The van der Waals surface area contributed by atoms with Gasteiger partial charge in [0.2, 0.25) is 9.84 Å². The Kier molecular flexibility index (Phi) is 4.06. The summed E-state index contributed by atoms with van der Waals surface area (Å²) in [6.07, 6.45) is 3.31. The molecule has 0 radical (unpaired) electrons. The molecule has 1 aromatic carbocycles. The Labute approximate surface area is 138 Å². The van der Waals surface area contributed by atoms with E-state index in [1.807, 2.05) is 7.05 Å². The zero-order valence-corrected chi connectivity index (χ0v) is 13.7. The Morgan fingerprint density at radius 1 is 1.13 bits per heavy atom. The van der Waals surface area contributed by atoms with Gasteiger partial charge in [0, 0.05) is 13.2 Å². The number of benzene rings is 1. The molecule has 0 atom stereocenters. The van der Waals surface area contributed by atoms with Crippen molar-refractivity contribution < 1.29 is 8.42 Å². The maximum atomic E-state index is 12.8. The molecule has 118 valence electrons. The minimum absolute atomic E-state index is 0.0405. The third kappa shape index (κ3) is 3.20. The number of imidazole rings is 1. The van der Waals surface area contributed by atoms with Gasteiger partial charge in [0.25, 0.3) is 0 Å². The second-order valence-electron chi connectivity index (χ2n) is 4.85. The van der Waals surface area contributed by atoms with E-state index in [-0.39, 0.29) is 20.8 Å². The highest BCUT2D eigenvalue weighted by molar-refractivity contribution is 7.91. The second-order valence-corrected chi connectivity index (χ2v) is 7.15. The summed E-state index contributed by atoms with van der Waals surface area (Å²) in [6, 6.07) is 11.0. The van der Waals surface area contributed by atoms with Gasteiger partial charge in [0.05, 0.1) is 11.2 Å². The summed E-state index contributed by atoms with van der Waals surface area (Å²) in [5.41, 5.74) is 0. The summed E-state index contributed by atoms with van der Waals surface area (Å²) >= 11 is 5.91. The summed E-state index contributed by atoms with van der Waals surface area (Å²) < 4.78 is 27.4. The molecule has 0 saturated heterocycles. The predicted molar refractivity (Wildman–Crippen MR) is 87.6 cm³/mol. The normalized spacial score (nSPS) is 11.4. The molecule has 0 saturated carbocycles. The van der Waals surface area contributed by atoms with Crippen LogP contribution in [0.2, 0.25) is 5.15 Å². The summed E-state index contributed by atoms with van der Waals surface area (Å²) in [7, 11) is -1.91. The van der Waals surface area contributed by atoms with Crippen LogP contribution >= 0.6 is 11.6 Å². The molecule has 0 fully saturated rings. The maximum absolute atomic E-state index is 12.8. The zero-order valence-electron chi connectivity index (χ0n) is 12.1. The molecule has 3 rings (SSSR count). The van der Waals surface area contributed by atoms with Crippen LogP contribution in [0.1, 0.15) is 0 Å². The summed E-state index contributed by atoms with van der Waals surface area (Å²) in [4.78, 5) is 8.43. The number of nitrogens with zero attached hydrogens (tertiary/aromatic N) is 3. The lowest BCUT2D eigenvalue weighted by Crippen LogP contribution is -2.07. The van der Waals surface area contributed by atoms with Crippen LogP contribution in [0, 0.1) is 0 Å². The SMILES string of the molecule is Cn1cnc(Nc2nc(Cl)ccc2S(=O)(=O)c2ccccc2)c1. The van der Waals surface area contributed by atoms with E-state index < -0.39 is 9.84 Å². The topological polar surface area (TPSA) is 76.9 Å². The van der Waals surface area contributed by atoms with Crippen molar-refractivity contribution >= 4 is 33.1 Å². The monoisotopic (exact) mass is 348 g/mol. The van der Waals surface area contributed by atoms with Gasteiger partial charge in [-0.3, -0.25) is 0 Å². The third-order valence-corrected chi connectivity index (χ3v) is 5.13. The number of nitrogens with one attached hydrogen (secondary N) is 1. The fourth-order valence-electron chi connectivity index (χ4n) is 2.05. The Bertz CT molecular complexity index is 939. The van der Waals surface area contributed by atoms with E-state index in [1.165, 1.54) is 24.3 Å². The number of pyridine rings is 1. The maximum Gasteiger partial charge on any atom is 0.210 e. The van der Waals surface area contributed by atoms with Crippen LogP contribution in [0.5, 0.6) is 0 Å². The van der Waals surface area contributed by atoms with Crippen LogP contribution in [-0.4, -0.2) is 23.0 Å². The first-order valence-electron chi connectivity index (χ1n) is 6.68. The number of hydrogen-bond donors (Lipinski definition) is 1. The minimum Gasteiger partial charge on any atom is -0.338 e. The van der Waals surface area contributed by atoms with Crippen molar-refractivity contribution in [3.8, 4) is 0 Å². The van der Waals surface area contributed by atoms with Crippen LogP contribution in [0.4, 0.5) is 11.6 Å². The van der Waals surface area contributed by atoms with Crippen LogP contribution in [0.15, 0.2) is 64.8 Å². The van der Waals surface area contributed by atoms with Crippen molar-refractivity contribution in [3.63, 3.8) is 0 Å². The van der Waals surface area contributed by atoms with Crippen LogP contribution in [0.25, 0.3) is 0 Å². The lowest BCUT2D eigenvalue weighted by molar-refractivity contribution is 0.596. The van der Waals surface area contributed by atoms with Gasteiger partial charge in [-0.05, 0) is 24.3 Å². The molecular weight excluding hydrogens is 336 g/mol. The predicted octanol–water partition coefficient (Wildman–Crippen LogP) is 3.04. The standard InChI is InChI=1S/C15H13ClN4O2S/c1-20-9-14(17-10-20)19-15-12(7-8-13(16)18-15)23(21,22)11-5-3-2-4-6-11/h2-10H,1H3,(H,18,19). The van der Waals surface area contributed by atoms with Crippen molar-refractivity contribution in [2.75, 3.05) is 5.32 Å². The van der Waals surface area contributed by atoms with Crippen molar-refractivity contribution in [2.45, 2.75) is 9.79 Å². The van der Waals surface area contributed by atoms with E-state index in [0.29, 0.717) is 5.82 Å². The van der Waals surface area contributed by atoms with E-state index in [9.17, 15) is 8.42 Å². The van der Waals surface area contributed by atoms with E-state index in [4.69, 9.17) is 11.6 Å². The van der Waals surface area contributed by atoms with Gasteiger partial charge in [-0.2, -0.15) is 0 Å². The molecule has 0 amide bonds. The Morgan fingerprint density at radius 3 is 2.52 bits per heavy atom. The summed E-state index contributed by atoms with van der Waals surface area (Å²) in [5.74, 6) is 0.617. The smallest absolute Gasteiger partial charge is 0.210 e. The van der Waals surface area contributed by atoms with Gasteiger partial charge in [0.15, 0.2) is 5.82 Å². The number of aryl methyl sites for hydroxylation is 1. The Morgan fingerprint density at radius 2 is 1.87 bits per heavy atom. The molecule has 1 N–H and O–H groups in total. The number of halogens is 1. The van der Waals surface area contributed by atoms with E-state index in [2.05, 4.69) is 15.3 Å². The number of rotatable bonds is 4. The molecule has 0 aliphatic carbocycles. The molecule has 8 heteroatoms. The van der Waals surface area contributed by atoms with Gasteiger partial charge < -0.3 is 9.88 Å². The lowest BCUT2D eigenvalue weighted by atomic mass is 10.4. The van der Waals surface area contributed by atoms with Gasteiger partial charge in [0.1, 0.15) is 15.9 Å². The first-order chi connectivity index (χ1) is 11.0. The summed E-state index contributed by atoms with van der Waals surface area (Å²) in [6.45, 7) is 0. The average molecular weight is 349 g/mol. The van der Waals surface area contributed by atoms with Crippen LogP contribution in [-0.2, 0) is 16.9 Å². The highest BCUT2D eigenvalue weighted by Gasteiger charge is 2.23. The number of aromatic nitrogens is 3. The van der Waals surface area contributed by atoms with Crippen LogP contribution < -0.4 is 5.32 Å². The van der Waals surface area contributed by atoms with Gasteiger partial charge in [-0.15, -0.1) is 0 Å². The highest BCUT2D eigenvalue weighted by Crippen LogP contribution is 2.29. The molecular formula is C15H13ClN4O2S. The number of sulfone groups is 1. The van der Waals surface area contributed by atoms with Crippen molar-refractivity contribution in [3.05, 3.63) is 60.1 Å². The average Bonchev–Trinajstić information content (AvgIpc) is 2.93. The van der Waals surface area contributed by atoms with E-state index in [1.54, 1.807) is 35.3 Å². The molecule has 0 unspecified atom stereocenters. The third-order valence-electron chi connectivity index (χ3n) is 3.12. The fourth-order valence-corrected chi connectivity index (χ4v) is 3.57. The van der Waals surface area contributed by atoms with Gasteiger partial charge in [-0.1, -0.05) is 29.8 Å². The number of anilines is 2. The molecule has 0 bridgehead atoms. The van der Waals surface area contributed by atoms with E-state index >= 15 is 0 Å².